The number of carbonyl (C=O) groups excluding carboxylic acids is 1. The largest absolute Gasteiger partial charge is 0.388 e. The van der Waals surface area contributed by atoms with Crippen LogP contribution in [0.2, 0.25) is 0 Å². The minimum absolute atomic E-state index is 0.0169. The van der Waals surface area contributed by atoms with E-state index in [1.807, 2.05) is 31.3 Å². The van der Waals surface area contributed by atoms with Crippen molar-refractivity contribution >= 4 is 11.6 Å². The zero-order valence-electron chi connectivity index (χ0n) is 11.8. The molecule has 100 valence electrons. The average molecular weight is 248 g/mol. The predicted octanol–water partition coefficient (Wildman–Crippen LogP) is 3.43. The smallest absolute Gasteiger partial charge is 0.251 e. The molecule has 0 saturated carbocycles. The highest BCUT2D eigenvalue weighted by atomic mass is 16.1. The van der Waals surface area contributed by atoms with Gasteiger partial charge < -0.3 is 10.6 Å². The van der Waals surface area contributed by atoms with E-state index in [-0.39, 0.29) is 11.4 Å². The molecule has 1 aromatic carbocycles. The quantitative estimate of drug-likeness (QED) is 0.810. The van der Waals surface area contributed by atoms with E-state index < -0.39 is 0 Å². The van der Waals surface area contributed by atoms with Gasteiger partial charge in [0.05, 0.1) is 0 Å². The van der Waals surface area contributed by atoms with Crippen molar-refractivity contribution in [2.45, 2.75) is 45.6 Å². The van der Waals surface area contributed by atoms with Gasteiger partial charge in [0.2, 0.25) is 0 Å². The van der Waals surface area contributed by atoms with Crippen LogP contribution in [0.5, 0.6) is 0 Å². The monoisotopic (exact) mass is 248 g/mol. The molecule has 0 bridgehead atoms. The number of carbonyl (C=O) groups is 1. The molecule has 0 atom stereocenters. The molecule has 18 heavy (non-hydrogen) atoms. The molecule has 0 fully saturated rings. The number of benzene rings is 1. The second kappa shape index (κ2) is 6.43. The van der Waals surface area contributed by atoms with E-state index in [1.54, 1.807) is 0 Å². The van der Waals surface area contributed by atoms with Crippen LogP contribution < -0.4 is 10.6 Å². The maximum absolute atomic E-state index is 12.2. The summed E-state index contributed by atoms with van der Waals surface area (Å²) in [6, 6.07) is 7.54. The fourth-order valence-electron chi connectivity index (χ4n) is 2.12. The van der Waals surface area contributed by atoms with Crippen LogP contribution in [0, 0.1) is 0 Å². The molecule has 0 spiro atoms. The van der Waals surface area contributed by atoms with E-state index in [4.69, 9.17) is 0 Å². The van der Waals surface area contributed by atoms with E-state index in [2.05, 4.69) is 31.4 Å². The molecule has 3 nitrogen and oxygen atoms in total. The van der Waals surface area contributed by atoms with E-state index >= 15 is 0 Å². The van der Waals surface area contributed by atoms with Crippen LogP contribution in [0.4, 0.5) is 5.69 Å². The maximum Gasteiger partial charge on any atom is 0.251 e. The number of amides is 1. The first-order valence-corrected chi connectivity index (χ1v) is 6.71. The molecule has 3 heteroatoms. The van der Waals surface area contributed by atoms with E-state index in [0.29, 0.717) is 5.56 Å². The zero-order valence-corrected chi connectivity index (χ0v) is 11.8. The number of rotatable bonds is 6. The van der Waals surface area contributed by atoms with Crippen molar-refractivity contribution < 1.29 is 4.79 Å². The Morgan fingerprint density at radius 3 is 1.94 bits per heavy atom. The van der Waals surface area contributed by atoms with Crippen LogP contribution in [0.3, 0.4) is 0 Å². The van der Waals surface area contributed by atoms with E-state index in [9.17, 15) is 4.79 Å². The molecule has 1 amide bonds. The zero-order chi connectivity index (χ0) is 13.6. The van der Waals surface area contributed by atoms with Crippen LogP contribution in [-0.2, 0) is 0 Å². The third-order valence-corrected chi connectivity index (χ3v) is 3.84. The normalized spacial score (nSPS) is 11.1. The van der Waals surface area contributed by atoms with E-state index in [1.165, 1.54) is 0 Å². The second-order valence-corrected chi connectivity index (χ2v) is 4.62. The van der Waals surface area contributed by atoms with Gasteiger partial charge in [-0.3, -0.25) is 4.79 Å². The average Bonchev–Trinajstić information content (AvgIpc) is 2.45. The summed E-state index contributed by atoms with van der Waals surface area (Å²) in [7, 11) is 1.87. The Bertz CT molecular complexity index is 372. The SMILES string of the molecule is CCC(CC)(CC)NC(=O)c1ccc(NC)cc1. The Morgan fingerprint density at radius 2 is 1.56 bits per heavy atom. The first-order valence-electron chi connectivity index (χ1n) is 6.71. The van der Waals surface area contributed by atoms with Crippen molar-refractivity contribution in [3.63, 3.8) is 0 Å². The van der Waals surface area contributed by atoms with Gasteiger partial charge in [0.1, 0.15) is 0 Å². The van der Waals surface area contributed by atoms with Gasteiger partial charge in [0.25, 0.3) is 5.91 Å². The summed E-state index contributed by atoms with van der Waals surface area (Å²) in [6.07, 6.45) is 2.88. The summed E-state index contributed by atoms with van der Waals surface area (Å²) < 4.78 is 0. The van der Waals surface area contributed by atoms with Gasteiger partial charge in [-0.05, 0) is 43.5 Å². The Morgan fingerprint density at radius 1 is 1.06 bits per heavy atom. The molecule has 1 aromatic rings. The highest BCUT2D eigenvalue weighted by Gasteiger charge is 2.26. The van der Waals surface area contributed by atoms with Gasteiger partial charge in [0.15, 0.2) is 0 Å². The van der Waals surface area contributed by atoms with Crippen LogP contribution in [0.25, 0.3) is 0 Å². The Balaban J connectivity index is 2.80. The summed E-state index contributed by atoms with van der Waals surface area (Å²) in [5.41, 5.74) is 1.66. The minimum atomic E-state index is -0.0707. The van der Waals surface area contributed by atoms with Crippen molar-refractivity contribution in [1.29, 1.82) is 0 Å². The summed E-state index contributed by atoms with van der Waals surface area (Å²) in [6.45, 7) is 6.37. The lowest BCUT2D eigenvalue weighted by Crippen LogP contribution is -2.47. The van der Waals surface area contributed by atoms with Crippen LogP contribution in [0.15, 0.2) is 24.3 Å². The van der Waals surface area contributed by atoms with Gasteiger partial charge >= 0.3 is 0 Å². The minimum Gasteiger partial charge on any atom is -0.388 e. The van der Waals surface area contributed by atoms with Gasteiger partial charge in [-0.1, -0.05) is 20.8 Å². The van der Waals surface area contributed by atoms with Gasteiger partial charge in [-0.25, -0.2) is 0 Å². The molecule has 2 N–H and O–H groups in total. The van der Waals surface area contributed by atoms with Crippen LogP contribution >= 0.6 is 0 Å². The number of anilines is 1. The van der Waals surface area contributed by atoms with Crippen molar-refractivity contribution in [3.8, 4) is 0 Å². The van der Waals surface area contributed by atoms with Crippen molar-refractivity contribution in [3.05, 3.63) is 29.8 Å². The predicted molar refractivity (Wildman–Crippen MR) is 77.1 cm³/mol. The fourth-order valence-corrected chi connectivity index (χ4v) is 2.12. The summed E-state index contributed by atoms with van der Waals surface area (Å²) in [4.78, 5) is 12.2. The lowest BCUT2D eigenvalue weighted by molar-refractivity contribution is 0.0888. The molecule has 0 aliphatic heterocycles. The Labute approximate surface area is 110 Å². The molecule has 0 aromatic heterocycles. The van der Waals surface area contributed by atoms with Gasteiger partial charge in [-0.15, -0.1) is 0 Å². The molecule has 0 heterocycles. The number of hydrogen-bond acceptors (Lipinski definition) is 2. The first kappa shape index (κ1) is 14.6. The topological polar surface area (TPSA) is 41.1 Å². The lowest BCUT2D eigenvalue weighted by Gasteiger charge is -2.31. The fraction of sp³-hybridized carbons (Fsp3) is 0.533. The molecule has 0 saturated heterocycles. The maximum atomic E-state index is 12.2. The second-order valence-electron chi connectivity index (χ2n) is 4.62. The molecule has 0 unspecified atom stereocenters. The molecular weight excluding hydrogens is 224 g/mol. The van der Waals surface area contributed by atoms with Gasteiger partial charge in [-0.2, -0.15) is 0 Å². The summed E-state index contributed by atoms with van der Waals surface area (Å²) >= 11 is 0. The summed E-state index contributed by atoms with van der Waals surface area (Å²) in [5.74, 6) is 0.0169. The third-order valence-electron chi connectivity index (χ3n) is 3.84. The van der Waals surface area contributed by atoms with Crippen LogP contribution in [-0.4, -0.2) is 18.5 Å². The highest BCUT2D eigenvalue weighted by Crippen LogP contribution is 2.20. The third kappa shape index (κ3) is 3.25. The molecule has 0 radical (unpaired) electrons. The highest BCUT2D eigenvalue weighted by molar-refractivity contribution is 5.95. The number of hydrogen-bond donors (Lipinski definition) is 2. The standard InChI is InChI=1S/C15H24N2O/c1-5-15(6-2,7-3)17-14(18)12-8-10-13(16-4)11-9-12/h8-11,16H,5-7H2,1-4H3,(H,17,18). The Hall–Kier alpha value is -1.51. The molecule has 0 aliphatic rings. The summed E-state index contributed by atoms with van der Waals surface area (Å²) in [5, 5.41) is 6.22. The van der Waals surface area contributed by atoms with Crippen LogP contribution in [0.1, 0.15) is 50.4 Å². The van der Waals surface area contributed by atoms with Gasteiger partial charge in [0, 0.05) is 23.8 Å². The van der Waals surface area contributed by atoms with Crippen molar-refractivity contribution in [1.82, 2.24) is 5.32 Å². The lowest BCUT2D eigenvalue weighted by atomic mass is 9.89. The van der Waals surface area contributed by atoms with Crippen molar-refractivity contribution in [2.24, 2.45) is 0 Å². The molecular formula is C15H24N2O. The Kier molecular flexibility index (Phi) is 5.20. The van der Waals surface area contributed by atoms with Crippen molar-refractivity contribution in [2.75, 3.05) is 12.4 Å². The molecule has 1 rings (SSSR count). The molecule has 0 aliphatic carbocycles. The number of nitrogens with one attached hydrogen (secondary N) is 2. The van der Waals surface area contributed by atoms with E-state index in [0.717, 1.165) is 24.9 Å². The first-order chi connectivity index (χ1) is 8.60.